The van der Waals surface area contributed by atoms with E-state index in [4.69, 9.17) is 5.11 Å². The van der Waals surface area contributed by atoms with E-state index in [-0.39, 0.29) is 5.69 Å². The van der Waals surface area contributed by atoms with Crippen molar-refractivity contribution in [3.63, 3.8) is 0 Å². The van der Waals surface area contributed by atoms with Crippen molar-refractivity contribution >= 4 is 22.4 Å². The summed E-state index contributed by atoms with van der Waals surface area (Å²) in [5.41, 5.74) is 0.0659. The lowest BCUT2D eigenvalue weighted by atomic mass is 10.4. The Morgan fingerprint density at radius 1 is 1.65 bits per heavy atom. The van der Waals surface area contributed by atoms with Crippen LogP contribution >= 0.6 is 11.3 Å². The Labute approximate surface area is 101 Å². The molecular weight excluding hydrogens is 242 g/mol. The molecule has 0 saturated heterocycles. The summed E-state index contributed by atoms with van der Waals surface area (Å²) in [5, 5.41) is 21.6. The van der Waals surface area contributed by atoms with Gasteiger partial charge >= 0.3 is 5.97 Å². The Morgan fingerprint density at radius 3 is 3.06 bits per heavy atom. The molecule has 2 aromatic rings. The van der Waals surface area contributed by atoms with E-state index < -0.39 is 5.97 Å². The topological polar surface area (TPSA) is 92.9 Å². The number of anilines is 1. The minimum absolute atomic E-state index is 0.0659. The highest BCUT2D eigenvalue weighted by Gasteiger charge is 2.08. The number of rotatable bonds is 5. The molecule has 2 rings (SSSR count). The van der Waals surface area contributed by atoms with Gasteiger partial charge in [-0.1, -0.05) is 0 Å². The molecule has 2 N–H and O–H groups in total. The molecule has 0 radical (unpaired) electrons. The highest BCUT2D eigenvalue weighted by molar-refractivity contribution is 7.13. The van der Waals surface area contributed by atoms with Crippen LogP contribution in [0.2, 0.25) is 0 Å². The van der Waals surface area contributed by atoms with Crippen molar-refractivity contribution in [2.24, 2.45) is 7.05 Å². The molecule has 0 aliphatic carbocycles. The fourth-order valence-electron chi connectivity index (χ4n) is 1.27. The van der Waals surface area contributed by atoms with E-state index in [2.05, 4.69) is 20.5 Å². The van der Waals surface area contributed by atoms with Crippen molar-refractivity contribution in [1.82, 2.24) is 19.7 Å². The molecule has 0 aliphatic heterocycles. The molecule has 0 aliphatic rings. The average Bonchev–Trinajstić information content (AvgIpc) is 2.89. The summed E-state index contributed by atoms with van der Waals surface area (Å²) in [6, 6.07) is 0. The first-order valence-electron chi connectivity index (χ1n) is 4.92. The summed E-state index contributed by atoms with van der Waals surface area (Å²) in [4.78, 5) is 14.5. The maximum absolute atomic E-state index is 10.6. The summed E-state index contributed by atoms with van der Waals surface area (Å²) >= 11 is 1.27. The first kappa shape index (κ1) is 11.5. The number of aromatic carboxylic acids is 1. The maximum atomic E-state index is 10.6. The van der Waals surface area contributed by atoms with Crippen LogP contribution in [0.5, 0.6) is 0 Å². The van der Waals surface area contributed by atoms with Gasteiger partial charge in [0, 0.05) is 25.4 Å². The normalized spacial score (nSPS) is 10.4. The molecule has 0 aromatic carbocycles. The Bertz CT molecular complexity index is 521. The molecule has 0 atom stereocenters. The lowest BCUT2D eigenvalue weighted by Gasteiger charge is -2.01. The first-order valence-corrected chi connectivity index (χ1v) is 5.80. The summed E-state index contributed by atoms with van der Waals surface area (Å²) < 4.78 is 1.84. The van der Waals surface area contributed by atoms with Crippen molar-refractivity contribution < 1.29 is 9.90 Å². The van der Waals surface area contributed by atoms with E-state index in [1.54, 1.807) is 6.33 Å². The van der Waals surface area contributed by atoms with Crippen LogP contribution < -0.4 is 5.32 Å². The summed E-state index contributed by atoms with van der Waals surface area (Å²) in [7, 11) is 1.88. The largest absolute Gasteiger partial charge is 0.476 e. The number of nitrogens with zero attached hydrogens (tertiary/aromatic N) is 4. The van der Waals surface area contributed by atoms with Gasteiger partial charge < -0.3 is 15.0 Å². The fraction of sp³-hybridized carbons (Fsp3) is 0.333. The van der Waals surface area contributed by atoms with E-state index in [9.17, 15) is 4.79 Å². The number of aryl methyl sites for hydroxylation is 1. The zero-order valence-electron chi connectivity index (χ0n) is 9.12. The van der Waals surface area contributed by atoms with Crippen LogP contribution in [0.4, 0.5) is 5.13 Å². The Kier molecular flexibility index (Phi) is 3.33. The second-order valence-corrected chi connectivity index (χ2v) is 4.24. The highest BCUT2D eigenvalue weighted by Crippen LogP contribution is 2.14. The van der Waals surface area contributed by atoms with Crippen LogP contribution in [-0.2, 0) is 13.5 Å². The van der Waals surface area contributed by atoms with Crippen LogP contribution in [-0.4, -0.2) is 37.4 Å². The molecule has 0 amide bonds. The number of carboxylic acids is 1. The lowest BCUT2D eigenvalue weighted by molar-refractivity contribution is 0.0691. The first-order chi connectivity index (χ1) is 8.16. The van der Waals surface area contributed by atoms with Gasteiger partial charge in [0.15, 0.2) is 10.8 Å². The zero-order valence-corrected chi connectivity index (χ0v) is 9.94. The molecular formula is C9H11N5O2S. The molecule has 2 aromatic heterocycles. The van der Waals surface area contributed by atoms with Crippen molar-refractivity contribution in [1.29, 1.82) is 0 Å². The summed E-state index contributed by atoms with van der Waals surface area (Å²) in [5.74, 6) is -0.143. The van der Waals surface area contributed by atoms with Crippen molar-refractivity contribution in [2.75, 3.05) is 11.9 Å². The second kappa shape index (κ2) is 4.91. The second-order valence-electron chi connectivity index (χ2n) is 3.38. The standard InChI is InChI=1S/C9H11N5O2S/c1-14-5-11-13-7(14)2-3-10-9-12-6(4-17-9)8(15)16/h4-5H,2-3H2,1H3,(H,10,12)(H,15,16). The van der Waals surface area contributed by atoms with E-state index in [1.807, 2.05) is 11.6 Å². The number of nitrogens with one attached hydrogen (secondary N) is 1. The van der Waals surface area contributed by atoms with Crippen LogP contribution in [0.15, 0.2) is 11.7 Å². The number of hydrogen-bond acceptors (Lipinski definition) is 6. The maximum Gasteiger partial charge on any atom is 0.355 e. The summed E-state index contributed by atoms with van der Waals surface area (Å²) in [6.07, 6.45) is 2.35. The molecule has 17 heavy (non-hydrogen) atoms. The van der Waals surface area contributed by atoms with Crippen LogP contribution in [0.25, 0.3) is 0 Å². The molecule has 0 spiro atoms. The molecule has 2 heterocycles. The highest BCUT2D eigenvalue weighted by atomic mass is 32.1. The van der Waals surface area contributed by atoms with Gasteiger partial charge in [-0.2, -0.15) is 0 Å². The van der Waals surface area contributed by atoms with Gasteiger partial charge in [0.2, 0.25) is 0 Å². The van der Waals surface area contributed by atoms with E-state index in [0.29, 0.717) is 18.1 Å². The quantitative estimate of drug-likeness (QED) is 0.811. The lowest BCUT2D eigenvalue weighted by Crippen LogP contribution is -2.08. The van der Waals surface area contributed by atoms with Gasteiger partial charge in [-0.05, 0) is 0 Å². The minimum Gasteiger partial charge on any atom is -0.476 e. The number of hydrogen-bond donors (Lipinski definition) is 2. The van der Waals surface area contributed by atoms with Crippen molar-refractivity contribution in [3.05, 3.63) is 23.2 Å². The molecule has 7 nitrogen and oxygen atoms in total. The van der Waals surface area contributed by atoms with Crippen LogP contribution in [0.3, 0.4) is 0 Å². The number of carbonyl (C=O) groups is 1. The van der Waals surface area contributed by atoms with Gasteiger partial charge in [0.25, 0.3) is 0 Å². The predicted molar refractivity (Wildman–Crippen MR) is 62.3 cm³/mol. The van der Waals surface area contributed by atoms with Crippen LogP contribution in [0.1, 0.15) is 16.3 Å². The molecule has 0 fully saturated rings. The minimum atomic E-state index is -1.01. The Balaban J connectivity index is 1.86. The Morgan fingerprint density at radius 2 is 2.47 bits per heavy atom. The third-order valence-electron chi connectivity index (χ3n) is 2.15. The van der Waals surface area contributed by atoms with E-state index >= 15 is 0 Å². The van der Waals surface area contributed by atoms with Gasteiger partial charge in [0.1, 0.15) is 12.2 Å². The number of carboxylic acid groups (broad SMARTS) is 1. The third kappa shape index (κ3) is 2.78. The molecule has 0 saturated carbocycles. The van der Waals surface area contributed by atoms with Crippen LogP contribution in [0, 0.1) is 0 Å². The van der Waals surface area contributed by atoms with E-state index in [0.717, 1.165) is 5.82 Å². The Hall–Kier alpha value is -1.96. The number of thiazole rings is 1. The smallest absolute Gasteiger partial charge is 0.355 e. The predicted octanol–water partition coefficient (Wildman–Crippen LogP) is 0.624. The van der Waals surface area contributed by atoms with E-state index in [1.165, 1.54) is 16.7 Å². The molecule has 8 heteroatoms. The van der Waals surface area contributed by atoms with Gasteiger partial charge in [-0.25, -0.2) is 9.78 Å². The zero-order chi connectivity index (χ0) is 12.3. The third-order valence-corrected chi connectivity index (χ3v) is 2.95. The van der Waals surface area contributed by atoms with Crippen molar-refractivity contribution in [2.45, 2.75) is 6.42 Å². The average molecular weight is 253 g/mol. The van der Waals surface area contributed by atoms with Gasteiger partial charge in [-0.15, -0.1) is 21.5 Å². The number of aromatic nitrogens is 4. The fourth-order valence-corrected chi connectivity index (χ4v) is 1.98. The molecule has 0 unspecified atom stereocenters. The SMILES string of the molecule is Cn1cnnc1CCNc1nc(C(=O)O)cs1. The summed E-state index contributed by atoms with van der Waals surface area (Å²) in [6.45, 7) is 0.638. The molecule has 90 valence electrons. The van der Waals surface area contributed by atoms with Gasteiger partial charge in [-0.3, -0.25) is 0 Å². The van der Waals surface area contributed by atoms with Crippen molar-refractivity contribution in [3.8, 4) is 0 Å². The monoisotopic (exact) mass is 253 g/mol. The van der Waals surface area contributed by atoms with Gasteiger partial charge in [0.05, 0.1) is 0 Å². The molecule has 0 bridgehead atoms.